The summed E-state index contributed by atoms with van der Waals surface area (Å²) < 4.78 is 30.5. The zero-order chi connectivity index (χ0) is 13.2. The lowest BCUT2D eigenvalue weighted by atomic mass is 10.2. The molecule has 18 heavy (non-hydrogen) atoms. The Kier molecular flexibility index (Phi) is 4.67. The molecule has 2 rings (SSSR count). The van der Waals surface area contributed by atoms with Crippen LogP contribution in [-0.4, -0.2) is 44.2 Å². The van der Waals surface area contributed by atoms with Gasteiger partial charge in [-0.15, -0.1) is 0 Å². The van der Waals surface area contributed by atoms with Crippen LogP contribution in [0.2, 0.25) is 0 Å². The second-order valence-corrected chi connectivity index (χ2v) is 8.03. The molecule has 0 spiro atoms. The molecule has 4 unspecified atom stereocenters. The van der Waals surface area contributed by atoms with E-state index in [9.17, 15) is 8.42 Å². The van der Waals surface area contributed by atoms with Crippen molar-refractivity contribution in [3.05, 3.63) is 0 Å². The topological polar surface area (TPSA) is 55.4 Å². The van der Waals surface area contributed by atoms with Crippen molar-refractivity contribution in [2.75, 3.05) is 13.2 Å². The molecular formula is C13H25NO3S. The third-order valence-corrected chi connectivity index (χ3v) is 7.08. The Morgan fingerprint density at radius 3 is 2.67 bits per heavy atom. The molecular weight excluding hydrogens is 250 g/mol. The first-order chi connectivity index (χ1) is 8.55. The van der Waals surface area contributed by atoms with Gasteiger partial charge in [0.2, 0.25) is 0 Å². The molecule has 2 fully saturated rings. The van der Waals surface area contributed by atoms with E-state index in [-0.39, 0.29) is 16.6 Å². The molecule has 0 bridgehead atoms. The fraction of sp³-hybridized carbons (Fsp3) is 1.00. The lowest BCUT2D eigenvalue weighted by molar-refractivity contribution is 0.126. The molecule has 0 aromatic heterocycles. The second-order valence-electron chi connectivity index (χ2n) is 5.58. The highest BCUT2D eigenvalue weighted by Gasteiger charge is 2.43. The largest absolute Gasteiger partial charge is 0.377 e. The van der Waals surface area contributed by atoms with E-state index >= 15 is 0 Å². The summed E-state index contributed by atoms with van der Waals surface area (Å²) in [5, 5.41) is 3.02. The maximum absolute atomic E-state index is 12.6. The van der Waals surface area contributed by atoms with Crippen molar-refractivity contribution >= 4 is 9.84 Å². The summed E-state index contributed by atoms with van der Waals surface area (Å²) in [6, 6.07) is 0.391. The molecule has 2 aliphatic rings. The van der Waals surface area contributed by atoms with Crippen molar-refractivity contribution in [2.45, 2.75) is 68.6 Å². The molecule has 1 N–H and O–H groups in total. The number of ether oxygens (including phenoxy) is 1. The van der Waals surface area contributed by atoms with E-state index in [1.165, 1.54) is 0 Å². The Balaban J connectivity index is 1.95. The molecule has 106 valence electrons. The van der Waals surface area contributed by atoms with Crippen molar-refractivity contribution in [3.8, 4) is 0 Å². The minimum absolute atomic E-state index is 0.127. The number of sulfone groups is 1. The van der Waals surface area contributed by atoms with E-state index in [0.717, 1.165) is 32.2 Å². The number of rotatable bonds is 5. The average molecular weight is 275 g/mol. The fourth-order valence-electron chi connectivity index (χ4n) is 3.16. The maximum atomic E-state index is 12.6. The fourth-order valence-corrected chi connectivity index (χ4v) is 5.66. The van der Waals surface area contributed by atoms with Gasteiger partial charge >= 0.3 is 0 Å². The quantitative estimate of drug-likeness (QED) is 0.826. The van der Waals surface area contributed by atoms with Crippen LogP contribution in [0.1, 0.15) is 46.0 Å². The molecule has 1 heterocycles. The zero-order valence-electron chi connectivity index (χ0n) is 11.4. The number of hydrogen-bond acceptors (Lipinski definition) is 4. The molecule has 5 heteroatoms. The van der Waals surface area contributed by atoms with Gasteiger partial charge in [-0.3, -0.25) is 0 Å². The molecule has 0 aromatic rings. The summed E-state index contributed by atoms with van der Waals surface area (Å²) >= 11 is 0. The van der Waals surface area contributed by atoms with E-state index in [2.05, 4.69) is 12.2 Å². The third kappa shape index (κ3) is 2.89. The van der Waals surface area contributed by atoms with E-state index in [1.807, 2.05) is 6.92 Å². The van der Waals surface area contributed by atoms with Crippen molar-refractivity contribution in [3.63, 3.8) is 0 Å². The van der Waals surface area contributed by atoms with Crippen LogP contribution in [0.25, 0.3) is 0 Å². The Morgan fingerprint density at radius 1 is 1.28 bits per heavy atom. The molecule has 1 aliphatic carbocycles. The lowest BCUT2D eigenvalue weighted by Crippen LogP contribution is -2.36. The summed E-state index contributed by atoms with van der Waals surface area (Å²) in [7, 11) is -3.01. The van der Waals surface area contributed by atoms with Crippen LogP contribution in [-0.2, 0) is 14.6 Å². The average Bonchev–Trinajstić information content (AvgIpc) is 2.95. The molecule has 1 aliphatic heterocycles. The van der Waals surface area contributed by atoms with E-state index in [1.54, 1.807) is 0 Å². The van der Waals surface area contributed by atoms with Crippen molar-refractivity contribution in [1.82, 2.24) is 5.32 Å². The highest BCUT2D eigenvalue weighted by molar-refractivity contribution is 7.92. The summed E-state index contributed by atoms with van der Waals surface area (Å²) in [4.78, 5) is 0. The van der Waals surface area contributed by atoms with Crippen LogP contribution in [0.5, 0.6) is 0 Å². The molecule has 4 atom stereocenters. The van der Waals surface area contributed by atoms with Crippen molar-refractivity contribution in [2.24, 2.45) is 0 Å². The first-order valence-electron chi connectivity index (χ1n) is 7.13. The first-order valence-corrected chi connectivity index (χ1v) is 8.74. The summed E-state index contributed by atoms with van der Waals surface area (Å²) in [5.41, 5.74) is 0. The third-order valence-electron chi connectivity index (χ3n) is 4.26. The minimum Gasteiger partial charge on any atom is -0.377 e. The lowest BCUT2D eigenvalue weighted by Gasteiger charge is -2.20. The smallest absolute Gasteiger partial charge is 0.158 e. The van der Waals surface area contributed by atoms with Crippen LogP contribution in [0.15, 0.2) is 0 Å². The molecule has 1 saturated heterocycles. The predicted molar refractivity (Wildman–Crippen MR) is 72.5 cm³/mol. The molecule has 0 radical (unpaired) electrons. The summed E-state index contributed by atoms with van der Waals surface area (Å²) in [6.07, 6.45) is 4.23. The summed E-state index contributed by atoms with van der Waals surface area (Å²) in [5.74, 6) is 0. The molecule has 0 amide bonds. The Labute approximate surface area is 110 Å². The van der Waals surface area contributed by atoms with Gasteiger partial charge in [-0.1, -0.05) is 6.92 Å². The molecule has 0 aromatic carbocycles. The van der Waals surface area contributed by atoms with Crippen LogP contribution in [0, 0.1) is 0 Å². The highest BCUT2D eigenvalue weighted by atomic mass is 32.2. The minimum atomic E-state index is -3.01. The van der Waals surface area contributed by atoms with Gasteiger partial charge < -0.3 is 10.1 Å². The maximum Gasteiger partial charge on any atom is 0.158 e. The summed E-state index contributed by atoms with van der Waals surface area (Å²) in [6.45, 7) is 5.60. The van der Waals surface area contributed by atoms with Gasteiger partial charge in [0.05, 0.1) is 16.6 Å². The van der Waals surface area contributed by atoms with Crippen LogP contribution in [0.4, 0.5) is 0 Å². The van der Waals surface area contributed by atoms with Gasteiger partial charge in [-0.05, 0) is 45.6 Å². The number of hydrogen-bond donors (Lipinski definition) is 1. The van der Waals surface area contributed by atoms with Gasteiger partial charge in [-0.2, -0.15) is 0 Å². The normalized spacial score (nSPS) is 37.2. The monoisotopic (exact) mass is 275 g/mol. The van der Waals surface area contributed by atoms with E-state index in [0.29, 0.717) is 19.1 Å². The Bertz CT molecular complexity index is 368. The van der Waals surface area contributed by atoms with Gasteiger partial charge in [0.15, 0.2) is 9.84 Å². The highest BCUT2D eigenvalue weighted by Crippen LogP contribution is 2.32. The van der Waals surface area contributed by atoms with Gasteiger partial charge in [0.1, 0.15) is 0 Å². The van der Waals surface area contributed by atoms with Gasteiger partial charge in [0.25, 0.3) is 0 Å². The SMILES string of the molecule is CCCNC1CCC(S(=O)(=O)C2CCOC2C)C1. The van der Waals surface area contributed by atoms with Crippen LogP contribution < -0.4 is 5.32 Å². The Hall–Kier alpha value is -0.130. The van der Waals surface area contributed by atoms with Gasteiger partial charge in [0, 0.05) is 12.6 Å². The van der Waals surface area contributed by atoms with Crippen molar-refractivity contribution < 1.29 is 13.2 Å². The predicted octanol–water partition coefficient (Wildman–Crippen LogP) is 1.50. The van der Waals surface area contributed by atoms with Gasteiger partial charge in [-0.25, -0.2) is 8.42 Å². The van der Waals surface area contributed by atoms with Crippen molar-refractivity contribution in [1.29, 1.82) is 0 Å². The van der Waals surface area contributed by atoms with E-state index in [4.69, 9.17) is 4.74 Å². The zero-order valence-corrected chi connectivity index (χ0v) is 12.2. The second kappa shape index (κ2) is 5.88. The van der Waals surface area contributed by atoms with E-state index < -0.39 is 9.84 Å². The molecule has 4 nitrogen and oxygen atoms in total. The van der Waals surface area contributed by atoms with Crippen LogP contribution in [0.3, 0.4) is 0 Å². The number of nitrogens with one attached hydrogen (secondary N) is 1. The van der Waals surface area contributed by atoms with Crippen LogP contribution >= 0.6 is 0 Å². The Morgan fingerprint density at radius 2 is 2.06 bits per heavy atom. The standard InChI is InChI=1S/C13H25NO3S/c1-3-7-14-11-4-5-12(9-11)18(15,16)13-6-8-17-10(13)2/h10-14H,3-9H2,1-2H3. The molecule has 1 saturated carbocycles. The first kappa shape index (κ1) is 14.3.